The van der Waals surface area contributed by atoms with Crippen LogP contribution in [0.4, 0.5) is 34.1 Å². The minimum Gasteiger partial charge on any atom is -0.427 e. The summed E-state index contributed by atoms with van der Waals surface area (Å²) in [5.41, 5.74) is 21.0. The first-order valence-corrected chi connectivity index (χ1v) is 47.9. The molecule has 4 saturated heterocycles. The van der Waals surface area contributed by atoms with Gasteiger partial charge in [-0.1, -0.05) is 194 Å². The van der Waals surface area contributed by atoms with Crippen molar-refractivity contribution in [1.29, 1.82) is 5.26 Å². The van der Waals surface area contributed by atoms with Gasteiger partial charge in [0.1, 0.15) is 5.15 Å². The molecule has 7 aliphatic rings. The minimum atomic E-state index is -1.04. The van der Waals surface area contributed by atoms with Crippen molar-refractivity contribution in [2.45, 2.75) is 107 Å². The molecule has 3 saturated carbocycles. The van der Waals surface area contributed by atoms with Gasteiger partial charge in [-0.05, 0) is 190 Å². The van der Waals surface area contributed by atoms with E-state index < -0.39 is 18.3 Å². The normalized spacial score (nSPS) is 15.7. The van der Waals surface area contributed by atoms with Crippen LogP contribution in [-0.2, 0) is 30.4 Å². The van der Waals surface area contributed by atoms with E-state index in [0.717, 1.165) is 188 Å². The Hall–Kier alpha value is -13.0. The standard InChI is InChI=1S/C32H30N4O2.C23H20N4O.C20H15BrN4O.C16H8BrIN2.C8H10ClNO.C4H8N2O.C3H7BO2/c1-32(2,38)22-11-14-27(34-17-22)25-15-16-36(19-29(25)37)28-18-35-31-24(20-9-12-23(33-3)13-10-20)5-4-6-26(31)30(28)21-7-8-21;1-24-17-9-7-15(8-10-17)18-3-2-4-19-22(16-5-6-16)20(13-26-23(18)19)27-12-11-25-21(28)14-27;1-22-14-7-5-13(6-8-14)15-3-2-4-16-19(21)17(11-24-20(15)16)25-10-9-23-18(26)12-25;17-15-13-3-1-2-12(16(13)20-9-14(15)18)11-6-4-10(8-19)5-7-11;1-8(2,11)6-3-4-7(9)10-5-6;7-4-3-5-1-2-6-4;5-4(6)3-1-2-3/h4-6,9-14,17-18,21,25,38H,7-8,15-16,19H2,1-2H3;2-4,7-10,13,16H,5-6,11-12,14H2,(H,25,28);2-8,11H,9-10,12H2,(H,23,26);1-7,9H;3-5,11H,1-2H3;5H,1-3H2,(H,6,7);3,5-6H,1-2H2. The summed E-state index contributed by atoms with van der Waals surface area (Å²) in [6, 6.07) is 64.6. The first-order valence-electron chi connectivity index (χ1n) is 44.9. The number of rotatable bonds is 13. The molecule has 14 aromatic rings. The number of piperidine rings is 1. The molecule has 10 heterocycles. The third-order valence-electron chi connectivity index (χ3n) is 24.4. The van der Waals surface area contributed by atoms with Gasteiger partial charge in [0, 0.05) is 127 Å². The predicted molar refractivity (Wildman–Crippen MR) is 552 cm³/mol. The summed E-state index contributed by atoms with van der Waals surface area (Å²) in [6.07, 6.45) is 18.2. The zero-order valence-electron chi connectivity index (χ0n) is 75.3. The number of aromatic nitrogens is 6. The smallest absolute Gasteiger partial charge is 0.427 e. The number of piperazine rings is 3. The van der Waals surface area contributed by atoms with Gasteiger partial charge in [-0.15, -0.1) is 0 Å². The third-order valence-corrected chi connectivity index (χ3v) is 27.9. The van der Waals surface area contributed by atoms with E-state index in [9.17, 15) is 29.4 Å². The number of para-hydroxylation sites is 4. The Bertz CT molecular complexity index is 6930. The maximum absolute atomic E-state index is 13.3. The summed E-state index contributed by atoms with van der Waals surface area (Å²) >= 11 is 15.2. The van der Waals surface area contributed by atoms with Gasteiger partial charge in [0.25, 0.3) is 0 Å². The van der Waals surface area contributed by atoms with Crippen LogP contribution in [0, 0.1) is 34.6 Å². The molecule has 8 aromatic carbocycles. The number of ketones is 1. The second-order valence-corrected chi connectivity index (χ2v) is 38.2. The lowest BCUT2D eigenvalue weighted by Crippen LogP contribution is -2.48. The third kappa shape index (κ3) is 24.1. The van der Waals surface area contributed by atoms with Crippen molar-refractivity contribution >= 4 is 174 Å². The van der Waals surface area contributed by atoms with Gasteiger partial charge in [0.2, 0.25) is 17.7 Å². The zero-order chi connectivity index (χ0) is 95.9. The summed E-state index contributed by atoms with van der Waals surface area (Å²) < 4.78 is 3.10. The van der Waals surface area contributed by atoms with Crippen molar-refractivity contribution in [2.75, 3.05) is 86.7 Å². The number of halogens is 4. The molecule has 3 amide bonds. The number of nitrogens with zero attached hydrogens (tertiary/aromatic N) is 13. The fourth-order valence-corrected chi connectivity index (χ4v) is 18.3. The molecular formula is C106H98BBr2ClIN17O8. The molecule has 0 bridgehead atoms. The van der Waals surface area contributed by atoms with Gasteiger partial charge in [0.15, 0.2) is 22.8 Å². The summed E-state index contributed by atoms with van der Waals surface area (Å²) in [6.45, 7) is 35.2. The lowest BCUT2D eigenvalue weighted by Gasteiger charge is -2.34. The van der Waals surface area contributed by atoms with E-state index in [1.807, 2.05) is 163 Å². The fourth-order valence-electron chi connectivity index (χ4n) is 16.6. The SMILES string of the molecule is CC(C)(O)c1ccc(Cl)nc1.N#Cc1ccc(-c2cccc3c(Br)c(I)cnc23)cc1.O=C1CNCCN1.OB(O)C1CC1.[C-]#[N+]c1ccc(-c2cccc3c(Br)c(N4CCNC(=O)C4)cnc23)cc1.[C-]#[N+]c1ccc(-c2cccc3c(C4CC4)c(N4CCC(c5ccc(C(C)(C)O)cn5)C(=O)C4)cnc23)cc1.[C-]#[N+]c1ccc(-c2cccc3c(C4CC4)c(N4CCNC(=O)C4)cnc23)cc1. The zero-order valence-corrected chi connectivity index (χ0v) is 81.4. The van der Waals surface area contributed by atoms with E-state index >= 15 is 0 Å². The highest BCUT2D eigenvalue weighted by molar-refractivity contribution is 14.1. The molecule has 4 aliphatic heterocycles. The van der Waals surface area contributed by atoms with Crippen molar-refractivity contribution in [1.82, 2.24) is 51.2 Å². The van der Waals surface area contributed by atoms with Gasteiger partial charge in [0.05, 0.1) is 143 Å². The van der Waals surface area contributed by atoms with Crippen LogP contribution < -0.4 is 36.0 Å². The van der Waals surface area contributed by atoms with Crippen LogP contribution in [0.3, 0.4) is 0 Å². The van der Waals surface area contributed by atoms with Gasteiger partial charge in [-0.2, -0.15) is 5.26 Å². The average Bonchev–Trinajstić information content (AvgIpc) is 1.62. The number of nitriles is 1. The van der Waals surface area contributed by atoms with Crippen LogP contribution in [0.25, 0.3) is 103 Å². The van der Waals surface area contributed by atoms with Crippen molar-refractivity contribution in [2.24, 2.45) is 0 Å². The molecule has 30 heteroatoms. The number of carbonyl (C=O) groups is 4. The van der Waals surface area contributed by atoms with E-state index in [2.05, 4.69) is 170 Å². The molecule has 686 valence electrons. The Kier molecular flexibility index (Phi) is 31.7. The number of fused-ring (bicyclic) bond motifs is 4. The molecule has 1 atom stereocenters. The molecule has 1 unspecified atom stereocenters. The quantitative estimate of drug-likeness (QED) is 0.0230. The second-order valence-electron chi connectivity index (χ2n) is 35.0. The van der Waals surface area contributed by atoms with E-state index in [1.165, 1.54) is 29.4 Å². The average molecular weight is 2070 g/mol. The Balaban J connectivity index is 0.000000129. The molecule has 6 aromatic heterocycles. The van der Waals surface area contributed by atoms with Gasteiger partial charge in [-0.3, -0.25) is 44.1 Å². The molecule has 0 spiro atoms. The number of amides is 3. The van der Waals surface area contributed by atoms with Crippen LogP contribution in [-0.4, -0.2) is 153 Å². The second kappa shape index (κ2) is 44.2. The molecule has 0 radical (unpaired) electrons. The van der Waals surface area contributed by atoms with E-state index in [1.54, 1.807) is 52.2 Å². The van der Waals surface area contributed by atoms with Crippen LogP contribution in [0.1, 0.15) is 124 Å². The highest BCUT2D eigenvalue weighted by Gasteiger charge is 2.37. The number of benzene rings is 8. The summed E-state index contributed by atoms with van der Waals surface area (Å²) in [5.74, 6) is 1.37. The lowest BCUT2D eigenvalue weighted by molar-refractivity contribution is -0.121. The number of aliphatic hydroxyl groups is 2. The summed E-state index contributed by atoms with van der Waals surface area (Å²) in [5, 5.41) is 61.3. The Morgan fingerprint density at radius 2 is 0.860 bits per heavy atom. The number of pyridine rings is 6. The number of anilines is 3. The van der Waals surface area contributed by atoms with Gasteiger partial charge >= 0.3 is 7.12 Å². The number of Topliss-reactive ketones (excluding diaryl/α,β-unsaturated/α-hetero) is 1. The molecule has 25 nitrogen and oxygen atoms in total. The van der Waals surface area contributed by atoms with Crippen molar-refractivity contribution in [3.63, 3.8) is 0 Å². The number of nitrogens with one attached hydrogen (secondary N) is 4. The van der Waals surface area contributed by atoms with E-state index in [4.69, 9.17) is 61.6 Å². The van der Waals surface area contributed by atoms with Crippen molar-refractivity contribution < 1.29 is 39.4 Å². The Morgan fingerprint density at radius 3 is 1.22 bits per heavy atom. The first-order chi connectivity index (χ1) is 65.6. The maximum atomic E-state index is 13.3. The predicted octanol–water partition coefficient (Wildman–Crippen LogP) is 20.4. The highest BCUT2D eigenvalue weighted by Crippen LogP contribution is 2.51. The minimum absolute atomic E-state index is 0.0249. The molecule has 8 N–H and O–H groups in total. The largest absolute Gasteiger partial charge is 0.454 e. The highest BCUT2D eigenvalue weighted by atomic mass is 127. The molecule has 21 rings (SSSR count). The van der Waals surface area contributed by atoms with E-state index in [-0.39, 0.29) is 35.2 Å². The number of hydrogen-bond acceptors (Lipinski definition) is 19. The fraction of sp³-hybridized carbons (Fsp3) is 0.264. The van der Waals surface area contributed by atoms with Crippen LogP contribution in [0.5, 0.6) is 0 Å². The van der Waals surface area contributed by atoms with E-state index in [0.29, 0.717) is 85.3 Å². The van der Waals surface area contributed by atoms with Crippen molar-refractivity contribution in [3.05, 3.63) is 317 Å². The molecule has 3 aliphatic carbocycles. The molecular weight excluding hydrogens is 1970 g/mol. The van der Waals surface area contributed by atoms with Crippen LogP contribution >= 0.6 is 66.1 Å². The topological polar surface area (TPSA) is 321 Å². The van der Waals surface area contributed by atoms with Gasteiger partial charge in [-0.25, -0.2) is 19.5 Å². The first kappa shape index (κ1) is 97.5. The van der Waals surface area contributed by atoms with Gasteiger partial charge < -0.3 is 56.2 Å². The van der Waals surface area contributed by atoms with Crippen LogP contribution in [0.2, 0.25) is 11.0 Å². The number of carbonyl (C=O) groups excluding carboxylic acids is 4. The molecule has 136 heavy (non-hydrogen) atoms. The maximum Gasteiger partial charge on any atom is 0.454 e. The Labute approximate surface area is 825 Å². The number of hydrogen-bond donors (Lipinski definition) is 8. The van der Waals surface area contributed by atoms with Crippen LogP contribution in [0.15, 0.2) is 240 Å². The summed E-state index contributed by atoms with van der Waals surface area (Å²) in [4.78, 5) is 91.5. The Morgan fingerprint density at radius 1 is 0.456 bits per heavy atom. The summed E-state index contributed by atoms with van der Waals surface area (Å²) in [7, 11) is -1.04. The van der Waals surface area contributed by atoms with Crippen molar-refractivity contribution in [3.8, 4) is 50.6 Å². The monoisotopic (exact) mass is 2070 g/mol. The lowest BCUT2D eigenvalue weighted by atomic mass is 9.84. The molecule has 7 fully saturated rings.